The van der Waals surface area contributed by atoms with Crippen LogP contribution in [0.2, 0.25) is 0 Å². The van der Waals surface area contributed by atoms with E-state index < -0.39 is 0 Å². The summed E-state index contributed by atoms with van der Waals surface area (Å²) < 4.78 is 7.02. The van der Waals surface area contributed by atoms with Crippen LogP contribution in [0.25, 0.3) is 0 Å². The van der Waals surface area contributed by atoms with Crippen molar-refractivity contribution < 1.29 is 9.53 Å². The van der Waals surface area contributed by atoms with Gasteiger partial charge in [0.25, 0.3) is 0 Å². The molecule has 0 aliphatic heterocycles. The van der Waals surface area contributed by atoms with Crippen LogP contribution in [-0.4, -0.2) is 47.5 Å². The van der Waals surface area contributed by atoms with Gasteiger partial charge in [-0.2, -0.15) is 5.10 Å². The minimum atomic E-state index is -0.0277. The smallest absolute Gasteiger partial charge is 0.317 e. The Morgan fingerprint density at radius 3 is 2.95 bits per heavy atom. The van der Waals surface area contributed by atoms with Crippen LogP contribution in [0.5, 0.6) is 0 Å². The van der Waals surface area contributed by atoms with Gasteiger partial charge in [-0.25, -0.2) is 4.79 Å². The third kappa shape index (κ3) is 3.50. The highest BCUT2D eigenvalue weighted by atomic mass is 16.5. The van der Waals surface area contributed by atoms with E-state index in [1.54, 1.807) is 12.0 Å². The molecule has 0 saturated heterocycles. The van der Waals surface area contributed by atoms with Crippen molar-refractivity contribution in [2.24, 2.45) is 5.92 Å². The van der Waals surface area contributed by atoms with Gasteiger partial charge in [0.1, 0.15) is 0 Å². The summed E-state index contributed by atoms with van der Waals surface area (Å²) in [5.74, 6) is 0.459. The van der Waals surface area contributed by atoms with Gasteiger partial charge in [0.15, 0.2) is 0 Å². The number of carbonyl (C=O) groups is 1. The maximum atomic E-state index is 12.1. The first-order valence-electron chi connectivity index (χ1n) is 7.16. The monoisotopic (exact) mass is 280 g/mol. The molecule has 1 saturated carbocycles. The molecule has 2 rings (SSSR count). The standard InChI is InChI=1S/C14H24N4O2/c1-4-18-9-11(7-15-18)8-17(2)14(19)16-13-6-5-12(13)10-20-3/h7,9,12-13H,4-6,8,10H2,1-3H3,(H,16,19)/t12-,13-/m1/s1. The fourth-order valence-corrected chi connectivity index (χ4v) is 2.45. The summed E-state index contributed by atoms with van der Waals surface area (Å²) in [4.78, 5) is 13.8. The number of amides is 2. The number of carbonyl (C=O) groups excluding carboxylic acids is 1. The Morgan fingerprint density at radius 1 is 1.60 bits per heavy atom. The number of aromatic nitrogens is 2. The molecule has 20 heavy (non-hydrogen) atoms. The van der Waals surface area contributed by atoms with Crippen molar-refractivity contribution in [3.8, 4) is 0 Å². The molecule has 0 aromatic carbocycles. The molecule has 0 spiro atoms. The normalized spacial score (nSPS) is 21.4. The van der Waals surface area contributed by atoms with Crippen LogP contribution < -0.4 is 5.32 Å². The fourth-order valence-electron chi connectivity index (χ4n) is 2.45. The number of urea groups is 1. The third-order valence-corrected chi connectivity index (χ3v) is 3.88. The molecule has 1 aliphatic rings. The topological polar surface area (TPSA) is 59.4 Å². The van der Waals surface area contributed by atoms with Crippen LogP contribution in [0.15, 0.2) is 12.4 Å². The second-order valence-corrected chi connectivity index (χ2v) is 5.41. The van der Waals surface area contributed by atoms with E-state index >= 15 is 0 Å². The highest BCUT2D eigenvalue weighted by Crippen LogP contribution is 2.27. The van der Waals surface area contributed by atoms with Gasteiger partial charge in [-0.15, -0.1) is 0 Å². The van der Waals surface area contributed by atoms with E-state index in [1.807, 2.05) is 31.0 Å². The molecule has 1 aliphatic carbocycles. The summed E-state index contributed by atoms with van der Waals surface area (Å²) in [6, 6.07) is 0.225. The number of rotatable bonds is 6. The Kier molecular flexibility index (Phi) is 5.00. The number of methoxy groups -OCH3 is 1. The summed E-state index contributed by atoms with van der Waals surface area (Å²) in [6.07, 6.45) is 5.96. The van der Waals surface area contributed by atoms with Gasteiger partial charge in [-0.05, 0) is 19.8 Å². The van der Waals surface area contributed by atoms with Gasteiger partial charge < -0.3 is 15.0 Å². The van der Waals surface area contributed by atoms with Crippen LogP contribution in [-0.2, 0) is 17.8 Å². The second kappa shape index (κ2) is 6.74. The molecule has 1 fully saturated rings. The third-order valence-electron chi connectivity index (χ3n) is 3.88. The van der Waals surface area contributed by atoms with Crippen molar-refractivity contribution in [1.29, 1.82) is 0 Å². The average molecular weight is 280 g/mol. The molecule has 2 atom stereocenters. The number of nitrogens with zero attached hydrogens (tertiary/aromatic N) is 3. The minimum absolute atomic E-state index is 0.0277. The van der Waals surface area contributed by atoms with E-state index in [1.165, 1.54) is 0 Å². The van der Waals surface area contributed by atoms with Crippen molar-refractivity contribution in [3.63, 3.8) is 0 Å². The molecule has 0 bridgehead atoms. The summed E-state index contributed by atoms with van der Waals surface area (Å²) in [5, 5.41) is 7.29. The van der Waals surface area contributed by atoms with E-state index in [9.17, 15) is 4.79 Å². The number of aryl methyl sites for hydroxylation is 1. The van der Waals surface area contributed by atoms with Crippen molar-refractivity contribution in [1.82, 2.24) is 20.0 Å². The predicted octanol–water partition coefficient (Wildman–Crippen LogP) is 1.47. The van der Waals surface area contributed by atoms with Crippen LogP contribution >= 0.6 is 0 Å². The Labute approximate surface area is 120 Å². The van der Waals surface area contributed by atoms with Gasteiger partial charge in [0.2, 0.25) is 0 Å². The summed E-state index contributed by atoms with van der Waals surface area (Å²) >= 11 is 0. The maximum absolute atomic E-state index is 12.1. The zero-order valence-electron chi connectivity index (χ0n) is 12.5. The van der Waals surface area contributed by atoms with Crippen molar-refractivity contribution >= 4 is 6.03 Å². The number of hydrogen-bond acceptors (Lipinski definition) is 3. The number of nitrogens with one attached hydrogen (secondary N) is 1. The summed E-state index contributed by atoms with van der Waals surface area (Å²) in [5.41, 5.74) is 1.05. The quantitative estimate of drug-likeness (QED) is 0.858. The molecule has 2 amide bonds. The fraction of sp³-hybridized carbons (Fsp3) is 0.714. The largest absolute Gasteiger partial charge is 0.384 e. The molecule has 1 aromatic rings. The number of hydrogen-bond donors (Lipinski definition) is 1. The van der Waals surface area contributed by atoms with Crippen molar-refractivity contribution in [2.45, 2.75) is 38.9 Å². The molecule has 6 nitrogen and oxygen atoms in total. The lowest BCUT2D eigenvalue weighted by Crippen LogP contribution is -2.51. The van der Waals surface area contributed by atoms with Crippen molar-refractivity contribution in [2.75, 3.05) is 20.8 Å². The van der Waals surface area contributed by atoms with E-state index in [2.05, 4.69) is 10.4 Å². The second-order valence-electron chi connectivity index (χ2n) is 5.41. The predicted molar refractivity (Wildman–Crippen MR) is 76.3 cm³/mol. The molecule has 1 N–H and O–H groups in total. The van der Waals surface area contributed by atoms with E-state index in [0.29, 0.717) is 12.5 Å². The zero-order chi connectivity index (χ0) is 14.5. The van der Waals surface area contributed by atoms with E-state index in [4.69, 9.17) is 4.74 Å². The highest BCUT2D eigenvalue weighted by molar-refractivity contribution is 5.74. The van der Waals surface area contributed by atoms with Gasteiger partial charge >= 0.3 is 6.03 Å². The molecule has 6 heteroatoms. The first kappa shape index (κ1) is 14.8. The first-order valence-corrected chi connectivity index (χ1v) is 7.16. The van der Waals surface area contributed by atoms with Gasteiger partial charge in [-0.3, -0.25) is 4.68 Å². The lowest BCUT2D eigenvalue weighted by Gasteiger charge is -2.37. The Morgan fingerprint density at radius 2 is 2.40 bits per heavy atom. The SMILES string of the molecule is CCn1cc(CN(C)C(=O)N[C@@H]2CC[C@@H]2COC)cn1. The Hall–Kier alpha value is -1.56. The molecular weight excluding hydrogens is 256 g/mol. The Balaban J connectivity index is 1.80. The number of ether oxygens (including phenoxy) is 1. The van der Waals surface area contributed by atoms with E-state index in [0.717, 1.165) is 31.6 Å². The molecular formula is C14H24N4O2. The summed E-state index contributed by atoms with van der Waals surface area (Å²) in [7, 11) is 3.51. The molecule has 0 radical (unpaired) electrons. The zero-order valence-corrected chi connectivity index (χ0v) is 12.5. The molecule has 1 heterocycles. The van der Waals surface area contributed by atoms with Crippen LogP contribution in [0.1, 0.15) is 25.3 Å². The average Bonchev–Trinajstić information content (AvgIpc) is 2.88. The highest BCUT2D eigenvalue weighted by Gasteiger charge is 2.32. The maximum Gasteiger partial charge on any atom is 0.317 e. The van der Waals surface area contributed by atoms with E-state index in [-0.39, 0.29) is 12.1 Å². The van der Waals surface area contributed by atoms with Crippen molar-refractivity contribution in [3.05, 3.63) is 18.0 Å². The van der Waals surface area contributed by atoms with Crippen LogP contribution in [0.3, 0.4) is 0 Å². The molecule has 0 unspecified atom stereocenters. The van der Waals surface area contributed by atoms with Crippen LogP contribution in [0, 0.1) is 5.92 Å². The first-order chi connectivity index (χ1) is 9.63. The minimum Gasteiger partial charge on any atom is -0.384 e. The lowest BCUT2D eigenvalue weighted by atomic mass is 9.80. The lowest BCUT2D eigenvalue weighted by molar-refractivity contribution is 0.0803. The van der Waals surface area contributed by atoms with Gasteiger partial charge in [-0.1, -0.05) is 0 Å². The van der Waals surface area contributed by atoms with Gasteiger partial charge in [0, 0.05) is 44.4 Å². The molecule has 1 aromatic heterocycles. The van der Waals surface area contributed by atoms with Crippen LogP contribution in [0.4, 0.5) is 4.79 Å². The van der Waals surface area contributed by atoms with Gasteiger partial charge in [0.05, 0.1) is 19.3 Å². The molecule has 112 valence electrons. The Bertz CT molecular complexity index is 446. The summed E-state index contributed by atoms with van der Waals surface area (Å²) in [6.45, 7) is 4.18.